The van der Waals surface area contributed by atoms with Gasteiger partial charge in [0.15, 0.2) is 5.16 Å². The van der Waals surface area contributed by atoms with Gasteiger partial charge in [0.05, 0.1) is 12.7 Å². The number of amides is 2. The molecule has 2 aromatic rings. The molecule has 0 saturated carbocycles. The molecule has 1 N–H and O–H groups in total. The number of thioether (sulfide) groups is 1. The van der Waals surface area contributed by atoms with E-state index >= 15 is 0 Å². The Kier molecular flexibility index (Phi) is 6.58. The Hall–Kier alpha value is -2.35. The summed E-state index contributed by atoms with van der Waals surface area (Å²) >= 11 is 1.38. The highest BCUT2D eigenvalue weighted by atomic mass is 32.2. The van der Waals surface area contributed by atoms with Crippen LogP contribution in [0, 0.1) is 5.82 Å². The number of nitrogens with zero attached hydrogens (tertiary/aromatic N) is 3. The van der Waals surface area contributed by atoms with E-state index < -0.39 is 0 Å². The summed E-state index contributed by atoms with van der Waals surface area (Å²) in [5, 5.41) is 3.30. The largest absolute Gasteiger partial charge is 0.355 e. The number of aromatic nitrogens is 2. The van der Waals surface area contributed by atoms with Crippen LogP contribution in [-0.4, -0.2) is 52.2 Å². The Morgan fingerprint density at radius 1 is 1.28 bits per heavy atom. The molecule has 1 heterocycles. The summed E-state index contributed by atoms with van der Waals surface area (Å²) in [6, 6.07) is 5.85. The van der Waals surface area contributed by atoms with E-state index in [1.165, 1.54) is 35.0 Å². The van der Waals surface area contributed by atoms with Crippen molar-refractivity contribution in [3.05, 3.63) is 42.0 Å². The van der Waals surface area contributed by atoms with Crippen molar-refractivity contribution in [2.75, 3.05) is 25.9 Å². The molecule has 0 aliphatic carbocycles. The number of hydrogen-bond donors (Lipinski definition) is 1. The molecule has 1 aromatic carbocycles. The molecule has 8 heteroatoms. The fourth-order valence-electron chi connectivity index (χ4n) is 2.39. The number of nitrogens with one attached hydrogen (secondary N) is 1. The van der Waals surface area contributed by atoms with E-state index in [9.17, 15) is 14.0 Å². The fourth-order valence-corrected chi connectivity index (χ4v) is 2.93. The molecule has 0 spiro atoms. The van der Waals surface area contributed by atoms with Crippen molar-refractivity contribution < 1.29 is 14.0 Å². The lowest BCUT2D eigenvalue weighted by molar-refractivity contribution is -0.121. The van der Waals surface area contributed by atoms with Gasteiger partial charge in [-0.2, -0.15) is 0 Å². The third-order valence-electron chi connectivity index (χ3n) is 3.59. The number of benzene rings is 1. The van der Waals surface area contributed by atoms with E-state index in [1.807, 2.05) is 20.1 Å². The zero-order chi connectivity index (χ0) is 18.4. The van der Waals surface area contributed by atoms with Crippen LogP contribution in [0.5, 0.6) is 0 Å². The third-order valence-corrected chi connectivity index (χ3v) is 4.25. The molecule has 2 amide bonds. The van der Waals surface area contributed by atoms with Crippen molar-refractivity contribution in [1.82, 2.24) is 19.8 Å². The zero-order valence-electron chi connectivity index (χ0n) is 14.5. The lowest BCUT2D eigenvalue weighted by Crippen LogP contribution is -2.41. The Morgan fingerprint density at radius 3 is 2.52 bits per heavy atom. The predicted molar refractivity (Wildman–Crippen MR) is 95.6 cm³/mol. The molecule has 2 rings (SSSR count). The third kappa shape index (κ3) is 4.39. The number of carbonyl (C=O) groups is 2. The maximum absolute atomic E-state index is 13.2. The summed E-state index contributed by atoms with van der Waals surface area (Å²) in [6.45, 7) is 4.51. The predicted octanol–water partition coefficient (Wildman–Crippen LogP) is 2.33. The maximum atomic E-state index is 13.2. The van der Waals surface area contributed by atoms with Gasteiger partial charge in [-0.05, 0) is 44.4 Å². The second-order valence-electron chi connectivity index (χ2n) is 5.21. The first-order valence-corrected chi connectivity index (χ1v) is 9.17. The SMILES string of the molecule is CCNC(=O)CN(CC)C(=O)c1cnc(SC)n1-c1ccc(F)cc1. The van der Waals surface area contributed by atoms with Crippen LogP contribution in [0.3, 0.4) is 0 Å². The standard InChI is InChI=1S/C17H21FN4O2S/c1-4-19-15(23)11-21(5-2)16(24)14-10-20-17(25-3)22(14)13-8-6-12(18)7-9-13/h6-10H,4-5,11H2,1-3H3,(H,19,23). The van der Waals surface area contributed by atoms with Crippen LogP contribution in [0.4, 0.5) is 4.39 Å². The van der Waals surface area contributed by atoms with Crippen LogP contribution in [0.15, 0.2) is 35.6 Å². The quantitative estimate of drug-likeness (QED) is 0.766. The molecular formula is C17H21FN4O2S. The van der Waals surface area contributed by atoms with Crippen LogP contribution in [0.25, 0.3) is 5.69 Å². The van der Waals surface area contributed by atoms with Crippen LogP contribution < -0.4 is 5.32 Å². The number of imidazole rings is 1. The van der Waals surface area contributed by atoms with Crippen molar-refractivity contribution >= 4 is 23.6 Å². The molecule has 25 heavy (non-hydrogen) atoms. The molecule has 0 aliphatic heterocycles. The molecule has 0 fully saturated rings. The van der Waals surface area contributed by atoms with E-state index in [1.54, 1.807) is 16.7 Å². The summed E-state index contributed by atoms with van der Waals surface area (Å²) in [4.78, 5) is 30.5. The molecular weight excluding hydrogens is 343 g/mol. The average Bonchev–Trinajstić information content (AvgIpc) is 3.04. The smallest absolute Gasteiger partial charge is 0.272 e. The van der Waals surface area contributed by atoms with Gasteiger partial charge < -0.3 is 10.2 Å². The molecule has 0 atom stereocenters. The van der Waals surface area contributed by atoms with Crippen LogP contribution in [0.1, 0.15) is 24.3 Å². The average molecular weight is 364 g/mol. The van der Waals surface area contributed by atoms with E-state index in [2.05, 4.69) is 10.3 Å². The summed E-state index contributed by atoms with van der Waals surface area (Å²) in [5.41, 5.74) is 0.975. The van der Waals surface area contributed by atoms with Crippen molar-refractivity contribution in [3.63, 3.8) is 0 Å². The van der Waals surface area contributed by atoms with Crippen LogP contribution >= 0.6 is 11.8 Å². The maximum Gasteiger partial charge on any atom is 0.272 e. The van der Waals surface area contributed by atoms with Crippen LogP contribution in [0.2, 0.25) is 0 Å². The summed E-state index contributed by atoms with van der Waals surface area (Å²) in [5.74, 6) is -0.865. The Balaban J connectivity index is 2.37. The first-order chi connectivity index (χ1) is 12.0. The van der Waals surface area contributed by atoms with Gasteiger partial charge in [0.25, 0.3) is 5.91 Å². The number of carbonyl (C=O) groups excluding carboxylic acids is 2. The second-order valence-corrected chi connectivity index (χ2v) is 5.99. The minimum atomic E-state index is -0.353. The van der Waals surface area contributed by atoms with Gasteiger partial charge in [0, 0.05) is 18.8 Å². The van der Waals surface area contributed by atoms with Gasteiger partial charge in [0.2, 0.25) is 5.91 Å². The molecule has 0 aliphatic rings. The number of halogens is 1. The monoisotopic (exact) mass is 364 g/mol. The Morgan fingerprint density at radius 2 is 1.96 bits per heavy atom. The first-order valence-electron chi connectivity index (χ1n) is 7.95. The van der Waals surface area contributed by atoms with Crippen molar-refractivity contribution in [3.8, 4) is 5.69 Å². The number of hydrogen-bond acceptors (Lipinski definition) is 4. The number of likely N-dealkylation sites (N-methyl/N-ethyl adjacent to an activating group) is 2. The van der Waals surface area contributed by atoms with Gasteiger partial charge >= 0.3 is 0 Å². The molecule has 1 aromatic heterocycles. The van der Waals surface area contributed by atoms with Crippen molar-refractivity contribution in [2.45, 2.75) is 19.0 Å². The van der Waals surface area contributed by atoms with Gasteiger partial charge in [-0.1, -0.05) is 11.8 Å². The highest BCUT2D eigenvalue weighted by molar-refractivity contribution is 7.98. The van der Waals surface area contributed by atoms with Crippen molar-refractivity contribution in [1.29, 1.82) is 0 Å². The summed E-state index contributed by atoms with van der Waals surface area (Å²) in [7, 11) is 0. The molecule has 0 radical (unpaired) electrons. The first kappa shape index (κ1) is 19.0. The summed E-state index contributed by atoms with van der Waals surface area (Å²) in [6.07, 6.45) is 3.33. The van der Waals surface area contributed by atoms with Gasteiger partial charge in [-0.15, -0.1) is 0 Å². The molecule has 134 valence electrons. The lowest BCUT2D eigenvalue weighted by atomic mass is 10.3. The highest BCUT2D eigenvalue weighted by Crippen LogP contribution is 2.23. The molecule has 0 saturated heterocycles. The Bertz CT molecular complexity index is 746. The number of rotatable bonds is 7. The zero-order valence-corrected chi connectivity index (χ0v) is 15.3. The fraction of sp³-hybridized carbons (Fsp3) is 0.353. The van der Waals surface area contributed by atoms with Gasteiger partial charge in [-0.3, -0.25) is 14.2 Å². The normalized spacial score (nSPS) is 10.6. The summed E-state index contributed by atoms with van der Waals surface area (Å²) < 4.78 is 14.9. The topological polar surface area (TPSA) is 67.2 Å². The van der Waals surface area contributed by atoms with Crippen molar-refractivity contribution in [2.24, 2.45) is 0 Å². The molecule has 0 bridgehead atoms. The second kappa shape index (κ2) is 8.66. The van der Waals surface area contributed by atoms with E-state index in [-0.39, 0.29) is 24.2 Å². The van der Waals surface area contributed by atoms with Crippen LogP contribution in [-0.2, 0) is 4.79 Å². The minimum Gasteiger partial charge on any atom is -0.355 e. The Labute approximate surface area is 150 Å². The van der Waals surface area contributed by atoms with Gasteiger partial charge in [0.1, 0.15) is 11.5 Å². The van der Waals surface area contributed by atoms with E-state index in [4.69, 9.17) is 0 Å². The van der Waals surface area contributed by atoms with E-state index in [0.717, 1.165) is 0 Å². The van der Waals surface area contributed by atoms with E-state index in [0.29, 0.717) is 29.6 Å². The highest BCUT2D eigenvalue weighted by Gasteiger charge is 2.23. The minimum absolute atomic E-state index is 0.0215. The van der Waals surface area contributed by atoms with Gasteiger partial charge in [-0.25, -0.2) is 9.37 Å². The lowest BCUT2D eigenvalue weighted by Gasteiger charge is -2.21. The molecule has 6 nitrogen and oxygen atoms in total. The molecule has 0 unspecified atom stereocenters.